The number of benzene rings is 2. The van der Waals surface area contributed by atoms with Gasteiger partial charge < -0.3 is 4.74 Å². The van der Waals surface area contributed by atoms with Crippen LogP contribution in [0.4, 0.5) is 5.69 Å². The van der Waals surface area contributed by atoms with E-state index in [0.29, 0.717) is 6.61 Å². The largest absolute Gasteiger partial charge is 0.473 e. The first-order chi connectivity index (χ1) is 12.7. The highest BCUT2D eigenvalue weighted by Crippen LogP contribution is 2.22. The van der Waals surface area contributed by atoms with Crippen molar-refractivity contribution < 1.29 is 4.74 Å². The van der Waals surface area contributed by atoms with Crippen LogP contribution in [0.25, 0.3) is 0 Å². The number of hydrogen-bond donors (Lipinski definition) is 1. The SMILES string of the molecule is CCC(=Nc1ccccc1CC)c1ccc(COc2[nH]ncc2C)cc1. The fourth-order valence-corrected chi connectivity index (χ4v) is 2.84. The van der Waals surface area contributed by atoms with Crippen LogP contribution in [0.15, 0.2) is 59.7 Å². The van der Waals surface area contributed by atoms with Crippen molar-refractivity contribution in [2.75, 3.05) is 0 Å². The minimum absolute atomic E-state index is 0.514. The first-order valence-electron chi connectivity index (χ1n) is 9.08. The lowest BCUT2D eigenvalue weighted by Crippen LogP contribution is -2.01. The van der Waals surface area contributed by atoms with Crippen molar-refractivity contribution in [2.24, 2.45) is 4.99 Å². The highest BCUT2D eigenvalue weighted by atomic mass is 16.5. The lowest BCUT2D eigenvalue weighted by molar-refractivity contribution is 0.291. The van der Waals surface area contributed by atoms with E-state index < -0.39 is 0 Å². The summed E-state index contributed by atoms with van der Waals surface area (Å²) in [5.74, 6) is 0.723. The van der Waals surface area contributed by atoms with E-state index in [1.807, 2.05) is 13.0 Å². The van der Waals surface area contributed by atoms with Crippen LogP contribution in [0, 0.1) is 6.92 Å². The van der Waals surface area contributed by atoms with Gasteiger partial charge in [0.1, 0.15) is 6.61 Å². The maximum Gasteiger partial charge on any atom is 0.212 e. The van der Waals surface area contributed by atoms with Gasteiger partial charge in [-0.15, -0.1) is 0 Å². The Morgan fingerprint density at radius 2 is 1.85 bits per heavy atom. The molecule has 1 aromatic heterocycles. The van der Waals surface area contributed by atoms with Gasteiger partial charge in [-0.2, -0.15) is 5.10 Å². The van der Waals surface area contributed by atoms with Crippen LogP contribution >= 0.6 is 0 Å². The van der Waals surface area contributed by atoms with E-state index in [0.717, 1.165) is 46.8 Å². The second kappa shape index (κ2) is 8.48. The molecule has 3 rings (SSSR count). The Labute approximate surface area is 155 Å². The number of aliphatic imine (C=N–C) groups is 1. The second-order valence-corrected chi connectivity index (χ2v) is 6.26. The zero-order valence-corrected chi connectivity index (χ0v) is 15.6. The van der Waals surface area contributed by atoms with E-state index in [1.165, 1.54) is 5.56 Å². The first kappa shape index (κ1) is 17.9. The fraction of sp³-hybridized carbons (Fsp3) is 0.273. The molecule has 1 N–H and O–H groups in total. The van der Waals surface area contributed by atoms with Crippen LogP contribution < -0.4 is 4.74 Å². The van der Waals surface area contributed by atoms with E-state index in [2.05, 4.69) is 66.5 Å². The zero-order chi connectivity index (χ0) is 18.4. The van der Waals surface area contributed by atoms with Crippen LogP contribution in [0.1, 0.15) is 42.5 Å². The van der Waals surface area contributed by atoms with E-state index in [4.69, 9.17) is 9.73 Å². The molecule has 0 saturated carbocycles. The summed E-state index contributed by atoms with van der Waals surface area (Å²) in [6.45, 7) is 6.79. The molecular weight excluding hydrogens is 322 g/mol. The number of hydrogen-bond acceptors (Lipinski definition) is 3. The third-order valence-corrected chi connectivity index (χ3v) is 4.42. The molecule has 26 heavy (non-hydrogen) atoms. The number of aromatic nitrogens is 2. The van der Waals surface area contributed by atoms with Gasteiger partial charge in [0.05, 0.1) is 11.9 Å². The summed E-state index contributed by atoms with van der Waals surface area (Å²) in [5.41, 5.74) is 6.72. The van der Waals surface area contributed by atoms with Gasteiger partial charge in [-0.3, -0.25) is 4.99 Å². The number of rotatable bonds is 7. The summed E-state index contributed by atoms with van der Waals surface area (Å²) in [5, 5.41) is 6.83. The second-order valence-electron chi connectivity index (χ2n) is 6.26. The number of aryl methyl sites for hydroxylation is 2. The Balaban J connectivity index is 1.75. The quantitative estimate of drug-likeness (QED) is 0.583. The summed E-state index contributed by atoms with van der Waals surface area (Å²) in [4.78, 5) is 4.92. The zero-order valence-electron chi connectivity index (χ0n) is 15.6. The van der Waals surface area contributed by atoms with Crippen molar-refractivity contribution in [1.29, 1.82) is 0 Å². The van der Waals surface area contributed by atoms with Crippen LogP contribution in [0.5, 0.6) is 5.88 Å². The van der Waals surface area contributed by atoms with Crippen molar-refractivity contribution in [3.8, 4) is 5.88 Å². The summed E-state index contributed by atoms with van der Waals surface area (Å²) >= 11 is 0. The Bertz CT molecular complexity index is 878. The molecule has 4 heteroatoms. The van der Waals surface area contributed by atoms with Crippen molar-refractivity contribution in [3.63, 3.8) is 0 Å². The van der Waals surface area contributed by atoms with Gasteiger partial charge in [0.15, 0.2) is 0 Å². The maximum atomic E-state index is 5.77. The van der Waals surface area contributed by atoms with Crippen molar-refractivity contribution in [3.05, 3.63) is 77.0 Å². The molecule has 0 saturated heterocycles. The van der Waals surface area contributed by atoms with Crippen LogP contribution in [-0.4, -0.2) is 15.9 Å². The van der Waals surface area contributed by atoms with Gasteiger partial charge in [-0.25, -0.2) is 5.10 Å². The number of nitrogens with zero attached hydrogens (tertiary/aromatic N) is 2. The Kier molecular flexibility index (Phi) is 5.84. The van der Waals surface area contributed by atoms with Crippen molar-refractivity contribution in [2.45, 2.75) is 40.2 Å². The average molecular weight is 347 g/mol. The first-order valence-corrected chi connectivity index (χ1v) is 9.08. The topological polar surface area (TPSA) is 50.3 Å². The van der Waals surface area contributed by atoms with Gasteiger partial charge in [0.2, 0.25) is 5.88 Å². The molecule has 0 bridgehead atoms. The molecule has 0 fully saturated rings. The Hall–Kier alpha value is -2.88. The van der Waals surface area contributed by atoms with Crippen LogP contribution in [0.2, 0.25) is 0 Å². The minimum atomic E-state index is 0.514. The molecule has 0 atom stereocenters. The molecule has 0 amide bonds. The third-order valence-electron chi connectivity index (χ3n) is 4.42. The van der Waals surface area contributed by atoms with Gasteiger partial charge >= 0.3 is 0 Å². The minimum Gasteiger partial charge on any atom is -0.473 e. The Morgan fingerprint density at radius 3 is 2.50 bits per heavy atom. The summed E-state index contributed by atoms with van der Waals surface area (Å²) in [6.07, 6.45) is 3.64. The van der Waals surface area contributed by atoms with E-state index in [9.17, 15) is 0 Å². The average Bonchev–Trinajstić information content (AvgIpc) is 3.10. The Morgan fingerprint density at radius 1 is 1.08 bits per heavy atom. The number of aromatic amines is 1. The molecule has 0 aliphatic carbocycles. The highest BCUT2D eigenvalue weighted by Gasteiger charge is 2.06. The maximum absolute atomic E-state index is 5.77. The summed E-state index contributed by atoms with van der Waals surface area (Å²) < 4.78 is 5.77. The number of ether oxygens (including phenoxy) is 1. The van der Waals surface area contributed by atoms with Gasteiger partial charge in [-0.05, 0) is 42.5 Å². The van der Waals surface area contributed by atoms with E-state index >= 15 is 0 Å². The van der Waals surface area contributed by atoms with E-state index in [-0.39, 0.29) is 0 Å². The fourth-order valence-electron chi connectivity index (χ4n) is 2.84. The summed E-state index contributed by atoms with van der Waals surface area (Å²) in [7, 11) is 0. The van der Waals surface area contributed by atoms with Crippen LogP contribution in [0.3, 0.4) is 0 Å². The molecule has 0 radical (unpaired) electrons. The number of H-pyrrole nitrogens is 1. The number of para-hydroxylation sites is 1. The molecule has 134 valence electrons. The molecule has 0 aliphatic rings. The molecule has 0 aliphatic heterocycles. The standard InChI is InChI=1S/C22H25N3O/c1-4-18-8-6-7-9-21(18)24-20(5-2)19-12-10-17(11-13-19)15-26-22-16(3)14-23-25-22/h6-14H,4-5,15H2,1-3H3,(H,23,25). The summed E-state index contributed by atoms with van der Waals surface area (Å²) in [6, 6.07) is 16.8. The molecular formula is C22H25N3O. The molecule has 0 spiro atoms. The highest BCUT2D eigenvalue weighted by molar-refractivity contribution is 6.02. The molecule has 4 nitrogen and oxygen atoms in total. The van der Waals surface area contributed by atoms with Gasteiger partial charge in [0, 0.05) is 11.3 Å². The van der Waals surface area contributed by atoms with Crippen molar-refractivity contribution in [1.82, 2.24) is 10.2 Å². The predicted octanol–water partition coefficient (Wildman–Crippen LogP) is 5.39. The molecule has 1 heterocycles. The van der Waals surface area contributed by atoms with Gasteiger partial charge in [-0.1, -0.05) is 56.3 Å². The van der Waals surface area contributed by atoms with E-state index in [1.54, 1.807) is 6.20 Å². The molecule has 3 aromatic rings. The van der Waals surface area contributed by atoms with Gasteiger partial charge in [0.25, 0.3) is 0 Å². The normalized spacial score (nSPS) is 11.6. The lowest BCUT2D eigenvalue weighted by Gasteiger charge is -2.09. The lowest BCUT2D eigenvalue weighted by atomic mass is 10.0. The smallest absolute Gasteiger partial charge is 0.212 e. The number of nitrogens with one attached hydrogen (secondary N) is 1. The third kappa shape index (κ3) is 4.20. The molecule has 2 aromatic carbocycles. The monoisotopic (exact) mass is 347 g/mol. The van der Waals surface area contributed by atoms with Crippen molar-refractivity contribution >= 4 is 11.4 Å². The van der Waals surface area contributed by atoms with Crippen LogP contribution in [-0.2, 0) is 13.0 Å². The predicted molar refractivity (Wildman–Crippen MR) is 106 cm³/mol. The molecule has 0 unspecified atom stereocenters.